The number of rotatable bonds is 4. The number of H-pyrrole nitrogens is 1. The van der Waals surface area contributed by atoms with Crippen molar-refractivity contribution in [1.29, 1.82) is 0 Å². The number of carbonyl (C=O) groups excluding carboxylic acids is 5. The van der Waals surface area contributed by atoms with E-state index in [-0.39, 0.29) is 50.3 Å². The highest BCUT2D eigenvalue weighted by atomic mass is 16.5. The number of carbonyl (C=O) groups is 5. The number of fused-ring (bicyclic) bond motifs is 2. The number of amides is 5. The normalized spacial score (nSPS) is 18.6. The molecule has 0 saturated heterocycles. The zero-order chi connectivity index (χ0) is 35.5. The zero-order valence-corrected chi connectivity index (χ0v) is 28.3. The number of nitrogens with zero attached hydrogens (tertiary/aromatic N) is 2. The van der Waals surface area contributed by atoms with Crippen LogP contribution in [0.1, 0.15) is 59.9 Å². The van der Waals surface area contributed by atoms with E-state index in [2.05, 4.69) is 31.5 Å². The maximum absolute atomic E-state index is 13.2. The number of hydrogen-bond donors (Lipinski definition) is 5. The number of methoxy groups -OCH3 is 2. The van der Waals surface area contributed by atoms with Gasteiger partial charge < -0.3 is 40.4 Å². The van der Waals surface area contributed by atoms with Crippen LogP contribution in [-0.4, -0.2) is 90.6 Å². The summed E-state index contributed by atoms with van der Waals surface area (Å²) >= 11 is 0. The Bertz CT molecular complexity index is 1640. The first kappa shape index (κ1) is 36.2. The number of aromatic amines is 1. The van der Waals surface area contributed by atoms with Gasteiger partial charge >= 0.3 is 0 Å². The Labute approximate surface area is 284 Å². The summed E-state index contributed by atoms with van der Waals surface area (Å²) in [6, 6.07) is 8.14. The van der Waals surface area contributed by atoms with E-state index in [4.69, 9.17) is 14.2 Å². The summed E-state index contributed by atoms with van der Waals surface area (Å²) in [7, 11) is 2.95. The molecule has 0 saturated carbocycles. The van der Waals surface area contributed by atoms with Gasteiger partial charge in [0.1, 0.15) is 12.1 Å². The quantitative estimate of drug-likeness (QED) is 0.275. The second kappa shape index (κ2) is 17.0. The van der Waals surface area contributed by atoms with Crippen LogP contribution in [0.5, 0.6) is 23.0 Å². The monoisotopic (exact) mass is 677 g/mol. The van der Waals surface area contributed by atoms with Gasteiger partial charge in [-0.05, 0) is 55.2 Å². The van der Waals surface area contributed by atoms with Crippen LogP contribution in [0.3, 0.4) is 0 Å². The molecule has 5 amide bonds. The van der Waals surface area contributed by atoms with Crippen LogP contribution in [0.15, 0.2) is 48.8 Å². The molecule has 0 fully saturated rings. The van der Waals surface area contributed by atoms with E-state index in [1.807, 2.05) is 13.8 Å². The van der Waals surface area contributed by atoms with E-state index in [0.29, 0.717) is 40.5 Å². The van der Waals surface area contributed by atoms with Crippen LogP contribution in [0.25, 0.3) is 0 Å². The van der Waals surface area contributed by atoms with E-state index < -0.39 is 29.8 Å². The first-order chi connectivity index (χ1) is 23.5. The minimum atomic E-state index is -0.914. The SMILES string of the molecule is COc1cc2ccc1Oc1ccc(cc1OC)C(=O)NCCN(C(=O)c1cn[nH]c1)CCCC(=O)N[C@H](C)C(=O)N[C@@H](C(C)C)C(=O)NC2. The first-order valence-electron chi connectivity index (χ1n) is 16.0. The number of hydrogen-bond acceptors (Lipinski definition) is 9. The molecule has 4 bridgehead atoms. The van der Waals surface area contributed by atoms with Crippen molar-refractivity contribution in [2.75, 3.05) is 33.9 Å². The Balaban J connectivity index is 1.60. The summed E-state index contributed by atoms with van der Waals surface area (Å²) in [4.78, 5) is 66.7. The lowest BCUT2D eigenvalue weighted by Crippen LogP contribution is -2.54. The molecule has 2 aromatic carbocycles. The highest BCUT2D eigenvalue weighted by molar-refractivity contribution is 5.95. The molecule has 6 rings (SSSR count). The molecule has 0 spiro atoms. The topological polar surface area (TPSA) is 193 Å². The third kappa shape index (κ3) is 9.72. The Kier molecular flexibility index (Phi) is 12.6. The van der Waals surface area contributed by atoms with E-state index >= 15 is 0 Å². The van der Waals surface area contributed by atoms with Crippen molar-refractivity contribution in [3.63, 3.8) is 0 Å². The molecule has 3 aliphatic heterocycles. The fourth-order valence-corrected chi connectivity index (χ4v) is 5.11. The number of benzene rings is 2. The molecule has 3 aliphatic rings. The third-order valence-electron chi connectivity index (χ3n) is 7.89. The zero-order valence-electron chi connectivity index (χ0n) is 28.3. The van der Waals surface area contributed by atoms with E-state index in [0.717, 1.165) is 5.56 Å². The van der Waals surface area contributed by atoms with E-state index in [1.54, 1.807) is 36.4 Å². The predicted molar refractivity (Wildman–Crippen MR) is 178 cm³/mol. The molecule has 5 N–H and O–H groups in total. The smallest absolute Gasteiger partial charge is 0.257 e. The van der Waals surface area contributed by atoms with Gasteiger partial charge in [0.2, 0.25) is 17.7 Å². The number of nitrogens with one attached hydrogen (secondary N) is 5. The van der Waals surface area contributed by atoms with Gasteiger partial charge in [0.25, 0.3) is 11.8 Å². The second-order valence-electron chi connectivity index (χ2n) is 11.8. The molecule has 15 heteroatoms. The van der Waals surface area contributed by atoms with Crippen molar-refractivity contribution >= 4 is 29.5 Å². The van der Waals surface area contributed by atoms with Gasteiger partial charge in [-0.25, -0.2) is 0 Å². The highest BCUT2D eigenvalue weighted by Crippen LogP contribution is 2.37. The van der Waals surface area contributed by atoms with E-state index in [1.165, 1.54) is 38.4 Å². The van der Waals surface area contributed by atoms with Crippen LogP contribution >= 0.6 is 0 Å². The fourth-order valence-electron chi connectivity index (χ4n) is 5.11. The van der Waals surface area contributed by atoms with Gasteiger partial charge in [-0.15, -0.1) is 0 Å². The summed E-state index contributed by atoms with van der Waals surface area (Å²) in [5, 5.41) is 17.5. The summed E-state index contributed by atoms with van der Waals surface area (Å²) in [6.45, 7) is 5.79. The fraction of sp³-hybridized carbons (Fsp3) is 0.412. The maximum Gasteiger partial charge on any atom is 0.257 e. The van der Waals surface area contributed by atoms with Crippen LogP contribution in [0.4, 0.5) is 0 Å². The molecule has 15 nitrogen and oxygen atoms in total. The number of ether oxygens (including phenoxy) is 3. The summed E-state index contributed by atoms with van der Waals surface area (Å²) in [6.07, 6.45) is 3.19. The minimum Gasteiger partial charge on any atom is -0.493 e. The van der Waals surface area contributed by atoms with Gasteiger partial charge in [-0.2, -0.15) is 5.10 Å². The largest absolute Gasteiger partial charge is 0.493 e. The molecule has 0 unspecified atom stereocenters. The van der Waals surface area contributed by atoms with Crippen LogP contribution in [-0.2, 0) is 20.9 Å². The first-order valence-corrected chi connectivity index (χ1v) is 16.0. The lowest BCUT2D eigenvalue weighted by molar-refractivity contribution is -0.132. The molecule has 4 heterocycles. The molecule has 0 radical (unpaired) electrons. The Morgan fingerprint density at radius 1 is 0.939 bits per heavy atom. The summed E-state index contributed by atoms with van der Waals surface area (Å²) in [5.41, 5.74) is 1.36. The average molecular weight is 678 g/mol. The molecular weight excluding hydrogens is 634 g/mol. The molecule has 3 aromatic rings. The van der Waals surface area contributed by atoms with E-state index in [9.17, 15) is 24.0 Å². The van der Waals surface area contributed by atoms with Gasteiger partial charge in [-0.1, -0.05) is 19.9 Å². The van der Waals surface area contributed by atoms with Crippen LogP contribution in [0.2, 0.25) is 0 Å². The van der Waals surface area contributed by atoms with Crippen molar-refractivity contribution in [3.05, 3.63) is 65.5 Å². The lowest BCUT2D eigenvalue weighted by atomic mass is 10.0. The van der Waals surface area contributed by atoms with Crippen molar-refractivity contribution in [2.45, 2.75) is 52.2 Å². The van der Waals surface area contributed by atoms with Gasteiger partial charge in [0, 0.05) is 44.4 Å². The third-order valence-corrected chi connectivity index (χ3v) is 7.89. The predicted octanol–water partition coefficient (Wildman–Crippen LogP) is 2.15. The molecule has 1 aromatic heterocycles. The van der Waals surface area contributed by atoms with Crippen LogP contribution in [0, 0.1) is 5.92 Å². The lowest BCUT2D eigenvalue weighted by Gasteiger charge is -2.24. The summed E-state index contributed by atoms with van der Waals surface area (Å²) in [5.74, 6) is -0.840. The van der Waals surface area contributed by atoms with Gasteiger partial charge in [-0.3, -0.25) is 29.1 Å². The second-order valence-corrected chi connectivity index (χ2v) is 11.8. The van der Waals surface area contributed by atoms with Gasteiger partial charge in [0.05, 0.1) is 26.0 Å². The standard InChI is InChI=1S/C34H43N7O8/c1-20(2)30-33(45)36-17-22-8-10-25(27(15-22)47-4)49-26-11-9-23(16-28(26)48-5)32(44)35-12-14-41(34(46)24-18-37-38-19-24)13-6-7-29(42)39-21(3)31(43)40-30/h8-11,15-16,18-21,30H,6-7,12-14,17H2,1-5H3,(H,35,44)(H,36,45)(H,37,38)(H,39,42)(H,40,43)/t21-,30+/m1/s1. The maximum atomic E-state index is 13.2. The van der Waals surface area contributed by atoms with Crippen molar-refractivity contribution in [3.8, 4) is 23.0 Å². The van der Waals surface area contributed by atoms with Crippen molar-refractivity contribution in [2.24, 2.45) is 5.92 Å². The Morgan fingerprint density at radius 3 is 2.33 bits per heavy atom. The number of aromatic nitrogens is 2. The molecule has 49 heavy (non-hydrogen) atoms. The molecule has 262 valence electrons. The minimum absolute atomic E-state index is 0.0315. The van der Waals surface area contributed by atoms with Crippen molar-refractivity contribution < 1.29 is 38.2 Å². The summed E-state index contributed by atoms with van der Waals surface area (Å²) < 4.78 is 17.2. The Hall–Kier alpha value is -5.60. The average Bonchev–Trinajstić information content (AvgIpc) is 3.63. The van der Waals surface area contributed by atoms with Gasteiger partial charge in [0.15, 0.2) is 23.0 Å². The Morgan fingerprint density at radius 2 is 1.65 bits per heavy atom. The molecule has 2 atom stereocenters. The highest BCUT2D eigenvalue weighted by Gasteiger charge is 2.27. The van der Waals surface area contributed by atoms with Crippen molar-refractivity contribution in [1.82, 2.24) is 36.4 Å². The molecule has 0 aliphatic carbocycles. The van der Waals surface area contributed by atoms with Crippen LogP contribution < -0.4 is 35.5 Å². The molecular formula is C34H43N7O8.